The van der Waals surface area contributed by atoms with Gasteiger partial charge in [0.15, 0.2) is 0 Å². The molecular formula is C12H23N3O4. The molecule has 0 aliphatic rings. The summed E-state index contributed by atoms with van der Waals surface area (Å²) >= 11 is 0. The number of carbonyl (C=O) groups is 3. The summed E-state index contributed by atoms with van der Waals surface area (Å²) in [6.07, 6.45) is 2.41. The molecule has 0 rings (SSSR count). The van der Waals surface area contributed by atoms with Gasteiger partial charge in [-0.25, -0.2) is 4.79 Å². The highest BCUT2D eigenvalue weighted by Crippen LogP contribution is 1.93. The molecule has 0 saturated carbocycles. The zero-order chi connectivity index (χ0) is 14.5. The Morgan fingerprint density at radius 1 is 0.895 bits per heavy atom. The largest absolute Gasteiger partial charge is 0.481 e. The number of nitrogens with one attached hydrogen (secondary N) is 3. The molecule has 110 valence electrons. The Bertz CT molecular complexity index is 295. The van der Waals surface area contributed by atoms with Crippen LogP contribution in [-0.4, -0.2) is 42.6 Å². The summed E-state index contributed by atoms with van der Waals surface area (Å²) in [4.78, 5) is 32.7. The molecule has 0 atom stereocenters. The summed E-state index contributed by atoms with van der Waals surface area (Å²) in [6.45, 7) is 3.34. The number of amides is 3. The van der Waals surface area contributed by atoms with E-state index in [1.165, 1.54) is 0 Å². The average Bonchev–Trinajstić information content (AvgIpc) is 2.35. The van der Waals surface area contributed by atoms with Crippen LogP contribution in [0.25, 0.3) is 0 Å². The second kappa shape index (κ2) is 11.3. The zero-order valence-electron chi connectivity index (χ0n) is 11.3. The maximum Gasteiger partial charge on any atom is 0.314 e. The molecule has 0 fully saturated rings. The molecule has 3 amide bonds. The van der Waals surface area contributed by atoms with Gasteiger partial charge < -0.3 is 21.1 Å². The molecule has 0 heterocycles. The third-order valence-electron chi connectivity index (χ3n) is 2.31. The van der Waals surface area contributed by atoms with Crippen LogP contribution in [0.4, 0.5) is 4.79 Å². The van der Waals surface area contributed by atoms with Crippen molar-refractivity contribution in [2.75, 3.05) is 19.6 Å². The fraction of sp³-hybridized carbons (Fsp3) is 0.750. The van der Waals surface area contributed by atoms with Crippen LogP contribution in [0.5, 0.6) is 0 Å². The SMILES string of the molecule is CCCNC(=O)CCNC(=O)NCCCCC(=O)O. The molecule has 0 spiro atoms. The molecule has 0 bridgehead atoms. The van der Waals surface area contributed by atoms with E-state index in [2.05, 4.69) is 16.0 Å². The van der Waals surface area contributed by atoms with Crippen LogP contribution in [0.3, 0.4) is 0 Å². The summed E-state index contributed by atoms with van der Waals surface area (Å²) in [5.41, 5.74) is 0. The first-order valence-electron chi connectivity index (χ1n) is 6.56. The molecule has 7 heteroatoms. The van der Waals surface area contributed by atoms with Crippen molar-refractivity contribution >= 4 is 17.9 Å². The first kappa shape index (κ1) is 17.2. The van der Waals surface area contributed by atoms with Crippen molar-refractivity contribution < 1.29 is 19.5 Å². The van der Waals surface area contributed by atoms with Crippen molar-refractivity contribution in [1.29, 1.82) is 0 Å². The third-order valence-corrected chi connectivity index (χ3v) is 2.31. The topological polar surface area (TPSA) is 108 Å². The van der Waals surface area contributed by atoms with E-state index in [-0.39, 0.29) is 31.3 Å². The summed E-state index contributed by atoms with van der Waals surface area (Å²) < 4.78 is 0. The van der Waals surface area contributed by atoms with Gasteiger partial charge in [0.05, 0.1) is 0 Å². The van der Waals surface area contributed by atoms with Gasteiger partial charge in [-0.2, -0.15) is 0 Å². The van der Waals surface area contributed by atoms with Crippen LogP contribution in [0.15, 0.2) is 0 Å². The first-order valence-corrected chi connectivity index (χ1v) is 6.56. The summed E-state index contributed by atoms with van der Waals surface area (Å²) in [7, 11) is 0. The van der Waals surface area contributed by atoms with Gasteiger partial charge in [0, 0.05) is 32.5 Å². The molecular weight excluding hydrogens is 250 g/mol. The molecule has 0 saturated heterocycles. The minimum Gasteiger partial charge on any atom is -0.481 e. The van der Waals surface area contributed by atoms with Crippen molar-refractivity contribution in [3.63, 3.8) is 0 Å². The van der Waals surface area contributed by atoms with Crippen molar-refractivity contribution in [3.05, 3.63) is 0 Å². The number of urea groups is 1. The molecule has 0 aromatic heterocycles. The lowest BCUT2D eigenvalue weighted by Gasteiger charge is -2.07. The fourth-order valence-electron chi connectivity index (χ4n) is 1.31. The van der Waals surface area contributed by atoms with Crippen molar-refractivity contribution in [2.24, 2.45) is 0 Å². The van der Waals surface area contributed by atoms with Gasteiger partial charge in [-0.15, -0.1) is 0 Å². The van der Waals surface area contributed by atoms with Gasteiger partial charge in [-0.05, 0) is 19.3 Å². The Kier molecular flexibility index (Phi) is 10.2. The van der Waals surface area contributed by atoms with Gasteiger partial charge >= 0.3 is 12.0 Å². The molecule has 7 nitrogen and oxygen atoms in total. The molecule has 0 unspecified atom stereocenters. The van der Waals surface area contributed by atoms with Crippen molar-refractivity contribution in [1.82, 2.24) is 16.0 Å². The van der Waals surface area contributed by atoms with Crippen LogP contribution in [0.1, 0.15) is 39.0 Å². The highest BCUT2D eigenvalue weighted by molar-refractivity contribution is 5.78. The van der Waals surface area contributed by atoms with Crippen LogP contribution in [-0.2, 0) is 9.59 Å². The lowest BCUT2D eigenvalue weighted by Crippen LogP contribution is -2.38. The van der Waals surface area contributed by atoms with Gasteiger partial charge in [0.1, 0.15) is 0 Å². The predicted molar refractivity (Wildman–Crippen MR) is 70.8 cm³/mol. The molecule has 0 aliphatic heterocycles. The maximum atomic E-state index is 11.3. The molecule has 4 N–H and O–H groups in total. The highest BCUT2D eigenvalue weighted by atomic mass is 16.4. The van der Waals surface area contributed by atoms with E-state index < -0.39 is 5.97 Å². The normalized spacial score (nSPS) is 9.74. The van der Waals surface area contributed by atoms with Crippen LogP contribution >= 0.6 is 0 Å². The Morgan fingerprint density at radius 2 is 1.58 bits per heavy atom. The van der Waals surface area contributed by atoms with E-state index in [9.17, 15) is 14.4 Å². The summed E-state index contributed by atoms with van der Waals surface area (Å²) in [5, 5.41) is 16.3. The Hall–Kier alpha value is -1.79. The number of rotatable bonds is 10. The number of aliphatic carboxylic acids is 1. The van der Waals surface area contributed by atoms with Gasteiger partial charge in [0.25, 0.3) is 0 Å². The molecule has 0 aromatic carbocycles. The van der Waals surface area contributed by atoms with Crippen LogP contribution in [0.2, 0.25) is 0 Å². The van der Waals surface area contributed by atoms with Crippen molar-refractivity contribution in [3.8, 4) is 0 Å². The number of carboxylic acids is 1. The van der Waals surface area contributed by atoms with Crippen LogP contribution < -0.4 is 16.0 Å². The molecule has 0 aliphatic carbocycles. The summed E-state index contributed by atoms with van der Waals surface area (Å²) in [5.74, 6) is -0.911. The van der Waals surface area contributed by atoms with Crippen LogP contribution in [0, 0.1) is 0 Å². The number of carbonyl (C=O) groups excluding carboxylic acids is 2. The lowest BCUT2D eigenvalue weighted by molar-refractivity contribution is -0.137. The second-order valence-electron chi connectivity index (χ2n) is 4.13. The fourth-order valence-corrected chi connectivity index (χ4v) is 1.31. The number of hydrogen-bond acceptors (Lipinski definition) is 3. The van der Waals surface area contributed by atoms with E-state index in [4.69, 9.17) is 5.11 Å². The molecule has 0 radical (unpaired) electrons. The zero-order valence-corrected chi connectivity index (χ0v) is 11.3. The smallest absolute Gasteiger partial charge is 0.314 e. The quantitative estimate of drug-likeness (QED) is 0.434. The number of carboxylic acid groups (broad SMARTS) is 1. The minimum absolute atomic E-state index is 0.0800. The average molecular weight is 273 g/mol. The Labute approximate surface area is 113 Å². The van der Waals surface area contributed by atoms with Gasteiger partial charge in [-0.1, -0.05) is 6.92 Å². The second-order valence-corrected chi connectivity index (χ2v) is 4.13. The van der Waals surface area contributed by atoms with Gasteiger partial charge in [0.2, 0.25) is 5.91 Å². The first-order chi connectivity index (χ1) is 9.06. The number of unbranched alkanes of at least 4 members (excludes halogenated alkanes) is 1. The van der Waals surface area contributed by atoms with E-state index in [0.29, 0.717) is 25.9 Å². The standard InChI is InChI=1S/C12H23N3O4/c1-2-7-13-10(16)6-9-15-12(19)14-8-4-3-5-11(17)18/h2-9H2,1H3,(H,13,16)(H,17,18)(H2,14,15,19). The van der Waals surface area contributed by atoms with Crippen molar-refractivity contribution in [2.45, 2.75) is 39.0 Å². The van der Waals surface area contributed by atoms with E-state index in [1.807, 2.05) is 6.92 Å². The van der Waals surface area contributed by atoms with E-state index in [1.54, 1.807) is 0 Å². The Balaban J connectivity index is 3.39. The molecule has 19 heavy (non-hydrogen) atoms. The Morgan fingerprint density at radius 3 is 2.21 bits per heavy atom. The predicted octanol–water partition coefficient (Wildman–Crippen LogP) is 0.457. The van der Waals surface area contributed by atoms with E-state index in [0.717, 1.165) is 6.42 Å². The lowest BCUT2D eigenvalue weighted by atomic mass is 10.2. The highest BCUT2D eigenvalue weighted by Gasteiger charge is 2.03. The summed E-state index contributed by atoms with van der Waals surface area (Å²) in [6, 6.07) is -0.335. The monoisotopic (exact) mass is 273 g/mol. The third kappa shape index (κ3) is 12.5. The minimum atomic E-state index is -0.831. The number of hydrogen-bond donors (Lipinski definition) is 4. The maximum absolute atomic E-state index is 11.3. The molecule has 0 aromatic rings. The van der Waals surface area contributed by atoms with Gasteiger partial charge in [-0.3, -0.25) is 9.59 Å². The van der Waals surface area contributed by atoms with E-state index >= 15 is 0 Å².